The Kier molecular flexibility index (Phi) is 4.19. The summed E-state index contributed by atoms with van der Waals surface area (Å²) in [6, 6.07) is 0.947. The van der Waals surface area contributed by atoms with Crippen molar-refractivity contribution >= 4 is 0 Å². The van der Waals surface area contributed by atoms with E-state index in [2.05, 4.69) is 24.1 Å². The summed E-state index contributed by atoms with van der Waals surface area (Å²) in [5, 5.41) is 3.66. The lowest BCUT2D eigenvalue weighted by molar-refractivity contribution is 0.0704. The fraction of sp³-hybridized carbons (Fsp3) is 1.00. The van der Waals surface area contributed by atoms with Gasteiger partial charge in [-0.25, -0.2) is 0 Å². The first-order valence-corrected chi connectivity index (χ1v) is 8.65. The average Bonchev–Trinajstić information content (AvgIpc) is 3.02. The number of rotatable bonds is 5. The fourth-order valence-electron chi connectivity index (χ4n) is 4.81. The number of nitrogens with zero attached hydrogens (tertiary/aromatic N) is 1. The Morgan fingerprint density at radius 2 is 1.95 bits per heavy atom. The van der Waals surface area contributed by atoms with Crippen LogP contribution in [0.5, 0.6) is 0 Å². The second-order valence-electron chi connectivity index (χ2n) is 7.73. The predicted octanol–water partition coefficient (Wildman–Crippen LogP) is 3.28. The highest BCUT2D eigenvalue weighted by molar-refractivity contribution is 4.97. The molecule has 1 heterocycles. The van der Waals surface area contributed by atoms with E-state index < -0.39 is 0 Å². The first-order valence-electron chi connectivity index (χ1n) is 8.65. The van der Waals surface area contributed by atoms with Gasteiger partial charge in [0.2, 0.25) is 0 Å². The third-order valence-corrected chi connectivity index (χ3v) is 6.15. The van der Waals surface area contributed by atoms with Crippen LogP contribution in [0.1, 0.15) is 58.8 Å². The molecule has 1 N–H and O–H groups in total. The van der Waals surface area contributed by atoms with E-state index >= 15 is 0 Å². The van der Waals surface area contributed by atoms with Crippen molar-refractivity contribution in [2.45, 2.75) is 64.8 Å². The van der Waals surface area contributed by atoms with Crippen LogP contribution in [0.2, 0.25) is 0 Å². The van der Waals surface area contributed by atoms with Gasteiger partial charge in [0, 0.05) is 25.7 Å². The number of piperidine rings is 1. The van der Waals surface area contributed by atoms with Crippen molar-refractivity contribution in [1.29, 1.82) is 0 Å². The van der Waals surface area contributed by atoms with E-state index in [0.29, 0.717) is 5.41 Å². The van der Waals surface area contributed by atoms with E-state index in [1.54, 1.807) is 0 Å². The van der Waals surface area contributed by atoms with Gasteiger partial charge in [0.25, 0.3) is 0 Å². The number of hydrogen-bond acceptors (Lipinski definition) is 2. The Morgan fingerprint density at radius 3 is 2.53 bits per heavy atom. The molecule has 2 nitrogen and oxygen atoms in total. The van der Waals surface area contributed by atoms with Crippen LogP contribution in [0.4, 0.5) is 0 Å². The van der Waals surface area contributed by atoms with Gasteiger partial charge in [-0.1, -0.05) is 26.7 Å². The molecular formula is C17H32N2. The number of fused-ring (bicyclic) bond motifs is 2. The molecule has 2 atom stereocenters. The lowest BCUT2D eigenvalue weighted by atomic mass is 9.70. The zero-order valence-corrected chi connectivity index (χ0v) is 13.0. The molecule has 3 rings (SSSR count). The molecule has 0 aromatic heterocycles. The Balaban J connectivity index is 1.62. The largest absolute Gasteiger partial charge is 0.316 e. The molecule has 19 heavy (non-hydrogen) atoms. The molecule has 3 aliphatic rings. The van der Waals surface area contributed by atoms with Crippen LogP contribution in [0.15, 0.2) is 0 Å². The molecule has 110 valence electrons. The molecule has 0 aromatic carbocycles. The minimum absolute atomic E-state index is 0.590. The smallest absolute Gasteiger partial charge is 0.00988 e. The van der Waals surface area contributed by atoms with Crippen molar-refractivity contribution in [1.82, 2.24) is 10.2 Å². The van der Waals surface area contributed by atoms with Gasteiger partial charge < -0.3 is 5.32 Å². The molecule has 0 radical (unpaired) electrons. The normalized spacial score (nSPS) is 42.9. The van der Waals surface area contributed by atoms with E-state index in [1.165, 1.54) is 64.6 Å². The first-order chi connectivity index (χ1) is 9.21. The van der Waals surface area contributed by atoms with Crippen LogP contribution in [0, 0.1) is 17.3 Å². The van der Waals surface area contributed by atoms with Crippen LogP contribution in [0.3, 0.4) is 0 Å². The van der Waals surface area contributed by atoms with Gasteiger partial charge in [-0.05, 0) is 55.9 Å². The maximum Gasteiger partial charge on any atom is 0.00988 e. The standard InChI is InChI=1S/C17H32N2/c1-3-18-12-17(8-6-14(2)7-9-17)13-19-11-15-4-5-16(19)10-15/h14-16,18H,3-13H2,1-2H3. The molecule has 2 saturated carbocycles. The highest BCUT2D eigenvalue weighted by Gasteiger charge is 2.42. The predicted molar refractivity (Wildman–Crippen MR) is 81.3 cm³/mol. The maximum absolute atomic E-state index is 3.66. The second kappa shape index (κ2) is 5.73. The minimum Gasteiger partial charge on any atom is -0.316 e. The fourth-order valence-corrected chi connectivity index (χ4v) is 4.81. The summed E-state index contributed by atoms with van der Waals surface area (Å²) in [5.74, 6) is 2.01. The van der Waals surface area contributed by atoms with Gasteiger partial charge in [-0.3, -0.25) is 4.90 Å². The summed E-state index contributed by atoms with van der Waals surface area (Å²) in [7, 11) is 0. The summed E-state index contributed by atoms with van der Waals surface area (Å²) in [6.45, 7) is 9.86. The van der Waals surface area contributed by atoms with Gasteiger partial charge in [-0.2, -0.15) is 0 Å². The van der Waals surface area contributed by atoms with Crippen molar-refractivity contribution in [3.05, 3.63) is 0 Å². The average molecular weight is 264 g/mol. The topological polar surface area (TPSA) is 15.3 Å². The van der Waals surface area contributed by atoms with Gasteiger partial charge in [0.1, 0.15) is 0 Å². The van der Waals surface area contributed by atoms with Crippen LogP contribution < -0.4 is 5.32 Å². The van der Waals surface area contributed by atoms with Gasteiger partial charge in [0.15, 0.2) is 0 Å². The lowest BCUT2D eigenvalue weighted by Gasteiger charge is -2.44. The molecule has 2 aliphatic carbocycles. The van der Waals surface area contributed by atoms with Crippen LogP contribution in [0.25, 0.3) is 0 Å². The Morgan fingerprint density at radius 1 is 1.16 bits per heavy atom. The Labute approximate surface area is 119 Å². The van der Waals surface area contributed by atoms with Crippen molar-refractivity contribution in [3.63, 3.8) is 0 Å². The second-order valence-corrected chi connectivity index (χ2v) is 7.73. The third kappa shape index (κ3) is 3.00. The third-order valence-electron chi connectivity index (χ3n) is 6.15. The summed E-state index contributed by atoms with van der Waals surface area (Å²) < 4.78 is 0. The quantitative estimate of drug-likeness (QED) is 0.820. The van der Waals surface area contributed by atoms with E-state index in [4.69, 9.17) is 0 Å². The molecule has 3 fully saturated rings. The molecule has 2 heteroatoms. The van der Waals surface area contributed by atoms with E-state index in [1.807, 2.05) is 0 Å². The molecular weight excluding hydrogens is 232 g/mol. The first kappa shape index (κ1) is 13.9. The molecule has 0 amide bonds. The zero-order chi connectivity index (χ0) is 13.3. The SMILES string of the molecule is CCNCC1(CN2CC3CCC2C3)CCC(C)CC1. The van der Waals surface area contributed by atoms with Crippen molar-refractivity contribution < 1.29 is 0 Å². The van der Waals surface area contributed by atoms with Crippen molar-refractivity contribution in [2.24, 2.45) is 17.3 Å². The number of hydrogen-bond donors (Lipinski definition) is 1. The summed E-state index contributed by atoms with van der Waals surface area (Å²) >= 11 is 0. The number of nitrogens with one attached hydrogen (secondary N) is 1. The summed E-state index contributed by atoms with van der Waals surface area (Å²) in [5.41, 5.74) is 0.590. The monoisotopic (exact) mass is 264 g/mol. The minimum atomic E-state index is 0.590. The lowest BCUT2D eigenvalue weighted by Crippen LogP contribution is -2.48. The zero-order valence-electron chi connectivity index (χ0n) is 13.0. The number of likely N-dealkylation sites (tertiary alicyclic amines) is 1. The summed E-state index contributed by atoms with van der Waals surface area (Å²) in [6.07, 6.45) is 10.3. The Hall–Kier alpha value is -0.0800. The van der Waals surface area contributed by atoms with Gasteiger partial charge in [0.05, 0.1) is 0 Å². The molecule has 0 spiro atoms. The Bertz CT molecular complexity index is 288. The highest BCUT2D eigenvalue weighted by Crippen LogP contribution is 2.43. The maximum atomic E-state index is 3.66. The molecule has 0 aromatic rings. The van der Waals surface area contributed by atoms with Gasteiger partial charge in [-0.15, -0.1) is 0 Å². The molecule has 1 aliphatic heterocycles. The van der Waals surface area contributed by atoms with E-state index in [-0.39, 0.29) is 0 Å². The van der Waals surface area contributed by atoms with Crippen LogP contribution in [-0.4, -0.2) is 37.1 Å². The van der Waals surface area contributed by atoms with Gasteiger partial charge >= 0.3 is 0 Å². The summed E-state index contributed by atoms with van der Waals surface area (Å²) in [4.78, 5) is 2.86. The highest BCUT2D eigenvalue weighted by atomic mass is 15.2. The molecule has 2 unspecified atom stereocenters. The van der Waals surface area contributed by atoms with Crippen molar-refractivity contribution in [2.75, 3.05) is 26.2 Å². The molecule has 1 saturated heterocycles. The van der Waals surface area contributed by atoms with E-state index in [0.717, 1.165) is 24.4 Å². The van der Waals surface area contributed by atoms with Crippen LogP contribution in [-0.2, 0) is 0 Å². The van der Waals surface area contributed by atoms with Crippen LogP contribution >= 0.6 is 0 Å². The molecule has 2 bridgehead atoms. The van der Waals surface area contributed by atoms with E-state index in [9.17, 15) is 0 Å². The van der Waals surface area contributed by atoms with Crippen molar-refractivity contribution in [3.8, 4) is 0 Å².